The van der Waals surface area contributed by atoms with Gasteiger partial charge in [0.05, 0.1) is 4.90 Å². The number of Topliss-reactive ketones (excluding diaryl/α,β-unsaturated/α-hetero) is 1. The van der Waals surface area contributed by atoms with E-state index in [1.54, 1.807) is 26.1 Å². The normalized spacial score (nSPS) is 17.1. The minimum absolute atomic E-state index is 0.0274. The number of hydrogen-bond donors (Lipinski definition) is 0. The molecule has 1 aromatic rings. The first-order chi connectivity index (χ1) is 9.96. The predicted octanol–water partition coefficient (Wildman–Crippen LogP) is 3.23. The van der Waals surface area contributed by atoms with Crippen LogP contribution in [-0.2, 0) is 10.0 Å². The Hall–Kier alpha value is -1.20. The van der Waals surface area contributed by atoms with Crippen molar-refractivity contribution in [2.75, 3.05) is 7.05 Å². The van der Waals surface area contributed by atoms with Crippen LogP contribution < -0.4 is 0 Å². The second kappa shape index (κ2) is 6.71. The summed E-state index contributed by atoms with van der Waals surface area (Å²) in [5.41, 5.74) is 0.566. The van der Waals surface area contributed by atoms with Crippen LogP contribution in [0.3, 0.4) is 0 Å². The minimum atomic E-state index is -3.47. The van der Waals surface area contributed by atoms with Crippen molar-refractivity contribution in [2.45, 2.75) is 56.4 Å². The molecular weight excluding hydrogens is 286 g/mol. The molecule has 0 atom stereocenters. The number of nitrogens with zero attached hydrogens (tertiary/aromatic N) is 1. The fourth-order valence-electron chi connectivity index (χ4n) is 2.82. The van der Waals surface area contributed by atoms with Gasteiger partial charge < -0.3 is 0 Å². The van der Waals surface area contributed by atoms with Crippen molar-refractivity contribution >= 4 is 15.8 Å². The van der Waals surface area contributed by atoms with E-state index in [0.717, 1.165) is 25.7 Å². The molecule has 0 aromatic heterocycles. The van der Waals surface area contributed by atoms with Crippen LogP contribution in [0.1, 0.15) is 55.8 Å². The second-order valence-electron chi connectivity index (χ2n) is 5.61. The van der Waals surface area contributed by atoms with Crippen LogP contribution in [-0.4, -0.2) is 31.6 Å². The Kier molecular flexibility index (Phi) is 5.17. The van der Waals surface area contributed by atoms with Gasteiger partial charge in [-0.1, -0.05) is 38.3 Å². The Morgan fingerprint density at radius 1 is 1.14 bits per heavy atom. The van der Waals surface area contributed by atoms with Gasteiger partial charge in [-0.2, -0.15) is 4.31 Å². The van der Waals surface area contributed by atoms with Gasteiger partial charge in [-0.25, -0.2) is 8.42 Å². The summed E-state index contributed by atoms with van der Waals surface area (Å²) >= 11 is 0. The number of carbonyl (C=O) groups excluding carboxylic acids is 1. The van der Waals surface area contributed by atoms with Crippen molar-refractivity contribution in [3.8, 4) is 0 Å². The van der Waals surface area contributed by atoms with Crippen molar-refractivity contribution in [3.05, 3.63) is 29.8 Å². The summed E-state index contributed by atoms with van der Waals surface area (Å²) in [6, 6.07) is 6.39. The predicted molar refractivity (Wildman–Crippen MR) is 82.9 cm³/mol. The van der Waals surface area contributed by atoms with E-state index in [2.05, 4.69) is 0 Å². The summed E-state index contributed by atoms with van der Waals surface area (Å²) < 4.78 is 26.7. The van der Waals surface area contributed by atoms with Crippen molar-refractivity contribution < 1.29 is 13.2 Å². The summed E-state index contributed by atoms with van der Waals surface area (Å²) in [7, 11) is -1.80. The van der Waals surface area contributed by atoms with Gasteiger partial charge in [0.25, 0.3) is 0 Å². The van der Waals surface area contributed by atoms with Gasteiger partial charge in [0.1, 0.15) is 0 Å². The van der Waals surface area contributed by atoms with Crippen LogP contribution in [0.4, 0.5) is 0 Å². The summed E-state index contributed by atoms with van der Waals surface area (Å²) in [6.07, 6.45) is 5.67. The standard InChI is InChI=1S/C16H23NO3S/c1-3-16(18)13-9-11-15(12-10-13)21(19,20)17(2)14-7-5-4-6-8-14/h9-12,14H,3-8H2,1-2H3. The summed E-state index contributed by atoms with van der Waals surface area (Å²) in [5, 5.41) is 0. The molecule has 0 aliphatic heterocycles. The molecule has 0 saturated heterocycles. The lowest BCUT2D eigenvalue weighted by atomic mass is 9.96. The van der Waals surface area contributed by atoms with E-state index >= 15 is 0 Å². The summed E-state index contributed by atoms with van der Waals surface area (Å²) in [5.74, 6) is 0.0274. The van der Waals surface area contributed by atoms with Gasteiger partial charge in [-0.3, -0.25) is 4.79 Å². The number of benzene rings is 1. The number of rotatable bonds is 5. The van der Waals surface area contributed by atoms with Gasteiger partial charge in [0.2, 0.25) is 10.0 Å². The van der Waals surface area contributed by atoms with E-state index in [9.17, 15) is 13.2 Å². The molecule has 0 bridgehead atoms. The Bertz CT molecular complexity index is 586. The Morgan fingerprint density at radius 2 is 1.71 bits per heavy atom. The fourth-order valence-corrected chi connectivity index (χ4v) is 4.24. The Labute approximate surface area is 127 Å². The number of ketones is 1. The van der Waals surface area contributed by atoms with Gasteiger partial charge in [0.15, 0.2) is 5.78 Å². The lowest BCUT2D eigenvalue weighted by Gasteiger charge is -2.30. The Morgan fingerprint density at radius 3 is 2.24 bits per heavy atom. The first-order valence-electron chi connectivity index (χ1n) is 7.58. The third-order valence-electron chi connectivity index (χ3n) is 4.26. The molecule has 0 spiro atoms. The third-order valence-corrected chi connectivity index (χ3v) is 6.19. The molecule has 116 valence electrons. The van der Waals surface area contributed by atoms with E-state index in [1.165, 1.54) is 22.9 Å². The highest BCUT2D eigenvalue weighted by Crippen LogP contribution is 2.26. The van der Waals surface area contributed by atoms with Crippen LogP contribution >= 0.6 is 0 Å². The molecule has 1 saturated carbocycles. The molecule has 4 nitrogen and oxygen atoms in total. The number of carbonyl (C=O) groups is 1. The highest BCUT2D eigenvalue weighted by molar-refractivity contribution is 7.89. The topological polar surface area (TPSA) is 54.5 Å². The molecule has 1 aliphatic rings. The van der Waals surface area contributed by atoms with Crippen molar-refractivity contribution in [2.24, 2.45) is 0 Å². The van der Waals surface area contributed by atoms with Crippen LogP contribution in [0.25, 0.3) is 0 Å². The molecule has 1 aromatic carbocycles. The SMILES string of the molecule is CCC(=O)c1ccc(S(=O)(=O)N(C)C2CCCCC2)cc1. The average Bonchev–Trinajstić information content (AvgIpc) is 2.54. The maximum atomic E-state index is 12.6. The zero-order chi connectivity index (χ0) is 15.5. The van der Waals surface area contributed by atoms with Crippen LogP contribution in [0.15, 0.2) is 29.2 Å². The zero-order valence-corrected chi connectivity index (χ0v) is 13.5. The third kappa shape index (κ3) is 3.52. The number of hydrogen-bond acceptors (Lipinski definition) is 3. The Balaban J connectivity index is 2.20. The van der Waals surface area contributed by atoms with E-state index in [-0.39, 0.29) is 16.7 Å². The molecule has 5 heteroatoms. The monoisotopic (exact) mass is 309 g/mol. The maximum Gasteiger partial charge on any atom is 0.243 e. The molecule has 0 radical (unpaired) electrons. The first-order valence-corrected chi connectivity index (χ1v) is 9.02. The molecule has 1 aliphatic carbocycles. The molecule has 0 unspecified atom stereocenters. The second-order valence-corrected chi connectivity index (χ2v) is 7.61. The average molecular weight is 309 g/mol. The molecule has 21 heavy (non-hydrogen) atoms. The smallest absolute Gasteiger partial charge is 0.243 e. The summed E-state index contributed by atoms with van der Waals surface area (Å²) in [4.78, 5) is 11.9. The van der Waals surface area contributed by atoms with E-state index < -0.39 is 10.0 Å². The van der Waals surface area contributed by atoms with Crippen molar-refractivity contribution in [1.82, 2.24) is 4.31 Å². The van der Waals surface area contributed by atoms with Crippen LogP contribution in [0.5, 0.6) is 0 Å². The lowest BCUT2D eigenvalue weighted by Crippen LogP contribution is -2.38. The summed E-state index contributed by atoms with van der Waals surface area (Å²) in [6.45, 7) is 1.80. The quantitative estimate of drug-likeness (QED) is 0.785. The van der Waals surface area contributed by atoms with Crippen molar-refractivity contribution in [3.63, 3.8) is 0 Å². The van der Waals surface area contributed by atoms with Gasteiger partial charge in [0, 0.05) is 25.1 Å². The van der Waals surface area contributed by atoms with E-state index in [1.807, 2.05) is 0 Å². The van der Waals surface area contributed by atoms with E-state index in [4.69, 9.17) is 0 Å². The first kappa shape index (κ1) is 16.2. The zero-order valence-electron chi connectivity index (χ0n) is 12.7. The highest BCUT2D eigenvalue weighted by atomic mass is 32.2. The molecule has 1 fully saturated rings. The van der Waals surface area contributed by atoms with E-state index in [0.29, 0.717) is 12.0 Å². The molecule has 2 rings (SSSR count). The van der Waals surface area contributed by atoms with Crippen LogP contribution in [0.2, 0.25) is 0 Å². The van der Waals surface area contributed by atoms with Gasteiger partial charge in [-0.05, 0) is 25.0 Å². The molecular formula is C16H23NO3S. The van der Waals surface area contributed by atoms with Gasteiger partial charge in [-0.15, -0.1) is 0 Å². The molecule has 0 N–H and O–H groups in total. The lowest BCUT2D eigenvalue weighted by molar-refractivity contribution is 0.0988. The maximum absolute atomic E-state index is 12.6. The minimum Gasteiger partial charge on any atom is -0.294 e. The van der Waals surface area contributed by atoms with Crippen molar-refractivity contribution in [1.29, 1.82) is 0 Å². The van der Waals surface area contributed by atoms with Crippen LogP contribution in [0, 0.1) is 0 Å². The number of sulfonamides is 1. The highest BCUT2D eigenvalue weighted by Gasteiger charge is 2.28. The fraction of sp³-hybridized carbons (Fsp3) is 0.562. The molecule has 0 heterocycles. The largest absolute Gasteiger partial charge is 0.294 e. The molecule has 0 amide bonds. The van der Waals surface area contributed by atoms with Gasteiger partial charge >= 0.3 is 0 Å².